The van der Waals surface area contributed by atoms with Crippen LogP contribution in [0.2, 0.25) is 0 Å². The Labute approximate surface area is 128 Å². The number of aliphatic carboxylic acids is 1. The zero-order chi connectivity index (χ0) is 15.2. The fourth-order valence-corrected chi connectivity index (χ4v) is 3.46. The van der Waals surface area contributed by atoms with Gasteiger partial charge in [-0.05, 0) is 24.3 Å². The van der Waals surface area contributed by atoms with Crippen LogP contribution in [0.3, 0.4) is 0 Å². The van der Waals surface area contributed by atoms with Crippen molar-refractivity contribution in [2.45, 2.75) is 58.0 Å². The van der Waals surface area contributed by atoms with Crippen LogP contribution in [-0.2, 0) is 4.79 Å². The van der Waals surface area contributed by atoms with Gasteiger partial charge in [0.2, 0.25) is 0 Å². The van der Waals surface area contributed by atoms with Crippen molar-refractivity contribution in [3.05, 3.63) is 35.9 Å². The Bertz CT molecular complexity index is 438. The van der Waals surface area contributed by atoms with E-state index >= 15 is 0 Å². The maximum atomic E-state index is 11.4. The van der Waals surface area contributed by atoms with Gasteiger partial charge in [-0.15, -0.1) is 0 Å². The molecule has 1 atom stereocenters. The first-order valence-corrected chi connectivity index (χ1v) is 8.10. The van der Waals surface area contributed by atoms with E-state index in [2.05, 4.69) is 30.9 Å². The van der Waals surface area contributed by atoms with Crippen molar-refractivity contribution in [1.29, 1.82) is 0 Å². The number of rotatable bonds is 7. The second kappa shape index (κ2) is 7.60. The predicted molar refractivity (Wildman–Crippen MR) is 85.2 cm³/mol. The smallest absolute Gasteiger partial charge is 0.305 e. The minimum absolute atomic E-state index is 0.00537. The molecule has 0 heterocycles. The molecule has 0 aromatic heterocycles. The van der Waals surface area contributed by atoms with Crippen LogP contribution in [0.15, 0.2) is 30.3 Å². The summed E-state index contributed by atoms with van der Waals surface area (Å²) in [4.78, 5) is 13.8. The quantitative estimate of drug-likeness (QED) is 0.821. The Morgan fingerprint density at radius 2 is 1.86 bits per heavy atom. The molecular formula is C18H27NO2. The Morgan fingerprint density at radius 1 is 1.24 bits per heavy atom. The van der Waals surface area contributed by atoms with E-state index in [0.29, 0.717) is 12.0 Å². The van der Waals surface area contributed by atoms with E-state index in [1.165, 1.54) is 25.7 Å². The summed E-state index contributed by atoms with van der Waals surface area (Å²) in [6, 6.07) is 10.7. The van der Waals surface area contributed by atoms with Gasteiger partial charge in [0.25, 0.3) is 0 Å². The van der Waals surface area contributed by atoms with E-state index in [0.717, 1.165) is 12.1 Å². The van der Waals surface area contributed by atoms with Gasteiger partial charge in [0.1, 0.15) is 0 Å². The predicted octanol–water partition coefficient (Wildman–Crippen LogP) is 4.10. The van der Waals surface area contributed by atoms with Crippen molar-refractivity contribution in [2.24, 2.45) is 5.92 Å². The van der Waals surface area contributed by atoms with E-state index in [1.54, 1.807) is 0 Å². The summed E-state index contributed by atoms with van der Waals surface area (Å²) in [5, 5.41) is 9.34. The molecule has 1 aromatic carbocycles. The van der Waals surface area contributed by atoms with Gasteiger partial charge in [-0.1, -0.05) is 57.0 Å². The highest BCUT2D eigenvalue weighted by molar-refractivity contribution is 5.68. The average molecular weight is 289 g/mol. The largest absolute Gasteiger partial charge is 0.481 e. The molecule has 0 amide bonds. The van der Waals surface area contributed by atoms with Crippen molar-refractivity contribution in [2.75, 3.05) is 6.54 Å². The Kier molecular flexibility index (Phi) is 5.80. The van der Waals surface area contributed by atoms with Crippen LogP contribution in [0, 0.1) is 5.92 Å². The number of carboxylic acids is 1. The molecule has 0 radical (unpaired) electrons. The van der Waals surface area contributed by atoms with Crippen molar-refractivity contribution in [3.63, 3.8) is 0 Å². The molecule has 0 bridgehead atoms. The maximum absolute atomic E-state index is 11.4. The van der Waals surface area contributed by atoms with Gasteiger partial charge in [-0.3, -0.25) is 9.69 Å². The molecule has 1 saturated carbocycles. The Hall–Kier alpha value is -1.35. The minimum Gasteiger partial charge on any atom is -0.481 e. The zero-order valence-electron chi connectivity index (χ0n) is 13.2. The van der Waals surface area contributed by atoms with Gasteiger partial charge in [-0.2, -0.15) is 0 Å². The molecule has 21 heavy (non-hydrogen) atoms. The second-order valence-corrected chi connectivity index (χ2v) is 6.55. The lowest BCUT2D eigenvalue weighted by Gasteiger charge is -2.37. The summed E-state index contributed by atoms with van der Waals surface area (Å²) in [6.07, 6.45) is 5.14. The molecule has 1 fully saturated rings. The molecule has 1 unspecified atom stereocenters. The van der Waals surface area contributed by atoms with Crippen molar-refractivity contribution in [1.82, 2.24) is 4.90 Å². The van der Waals surface area contributed by atoms with Crippen LogP contribution in [-0.4, -0.2) is 28.6 Å². The third-order valence-electron chi connectivity index (χ3n) is 4.32. The Balaban J connectivity index is 2.26. The second-order valence-electron chi connectivity index (χ2n) is 6.55. The van der Waals surface area contributed by atoms with Gasteiger partial charge in [0.05, 0.1) is 6.42 Å². The topological polar surface area (TPSA) is 40.5 Å². The van der Waals surface area contributed by atoms with Gasteiger partial charge < -0.3 is 5.11 Å². The molecule has 3 heteroatoms. The van der Waals surface area contributed by atoms with E-state index in [9.17, 15) is 9.90 Å². The molecule has 1 N–H and O–H groups in total. The summed E-state index contributed by atoms with van der Waals surface area (Å²) < 4.78 is 0. The molecule has 0 aliphatic heterocycles. The van der Waals surface area contributed by atoms with Crippen LogP contribution < -0.4 is 0 Å². The fraction of sp³-hybridized carbons (Fsp3) is 0.611. The van der Waals surface area contributed by atoms with E-state index in [-0.39, 0.29) is 12.5 Å². The molecule has 116 valence electrons. The zero-order valence-corrected chi connectivity index (χ0v) is 13.2. The van der Waals surface area contributed by atoms with Crippen LogP contribution >= 0.6 is 0 Å². The number of nitrogens with zero attached hydrogens (tertiary/aromatic N) is 1. The lowest BCUT2D eigenvalue weighted by atomic mass is 9.98. The van der Waals surface area contributed by atoms with Crippen molar-refractivity contribution in [3.8, 4) is 0 Å². The van der Waals surface area contributed by atoms with Crippen LogP contribution in [0.1, 0.15) is 57.6 Å². The van der Waals surface area contributed by atoms with Crippen molar-refractivity contribution < 1.29 is 9.90 Å². The van der Waals surface area contributed by atoms with Crippen LogP contribution in [0.25, 0.3) is 0 Å². The first-order valence-electron chi connectivity index (χ1n) is 8.10. The lowest BCUT2D eigenvalue weighted by Crippen LogP contribution is -2.40. The highest BCUT2D eigenvalue weighted by atomic mass is 16.4. The highest BCUT2D eigenvalue weighted by Crippen LogP contribution is 2.33. The third kappa shape index (κ3) is 4.57. The summed E-state index contributed by atoms with van der Waals surface area (Å²) in [5.41, 5.74) is 1.13. The summed E-state index contributed by atoms with van der Waals surface area (Å²) in [6.45, 7) is 5.40. The molecule has 1 aliphatic carbocycles. The number of hydrogen-bond acceptors (Lipinski definition) is 2. The van der Waals surface area contributed by atoms with Crippen LogP contribution in [0.4, 0.5) is 0 Å². The molecular weight excluding hydrogens is 262 g/mol. The summed E-state index contributed by atoms with van der Waals surface area (Å²) in [7, 11) is 0. The fourth-order valence-electron chi connectivity index (χ4n) is 3.46. The standard InChI is InChI=1S/C18H27NO2/c1-14(2)13-19(16-10-6-7-11-16)17(12-18(20)21)15-8-4-3-5-9-15/h3-5,8-9,14,16-17H,6-7,10-13H2,1-2H3,(H,20,21). The first kappa shape index (κ1) is 16.0. The highest BCUT2D eigenvalue weighted by Gasteiger charge is 2.31. The average Bonchev–Trinajstić information content (AvgIpc) is 2.97. The monoisotopic (exact) mass is 289 g/mol. The third-order valence-corrected chi connectivity index (χ3v) is 4.32. The summed E-state index contributed by atoms with van der Waals surface area (Å²) in [5.74, 6) is -0.166. The lowest BCUT2D eigenvalue weighted by molar-refractivity contribution is -0.138. The van der Waals surface area contributed by atoms with Gasteiger partial charge >= 0.3 is 5.97 Å². The number of benzene rings is 1. The number of carboxylic acid groups (broad SMARTS) is 1. The summed E-state index contributed by atoms with van der Waals surface area (Å²) >= 11 is 0. The van der Waals surface area contributed by atoms with E-state index in [4.69, 9.17) is 0 Å². The van der Waals surface area contributed by atoms with Gasteiger partial charge in [0.15, 0.2) is 0 Å². The number of carbonyl (C=O) groups is 1. The molecule has 2 rings (SSSR count). The molecule has 0 saturated heterocycles. The molecule has 1 aliphatic rings. The molecule has 1 aromatic rings. The van der Waals surface area contributed by atoms with Crippen LogP contribution in [0.5, 0.6) is 0 Å². The normalized spacial score (nSPS) is 17.5. The van der Waals surface area contributed by atoms with Crippen molar-refractivity contribution >= 4 is 5.97 Å². The van der Waals surface area contributed by atoms with Gasteiger partial charge in [-0.25, -0.2) is 0 Å². The Morgan fingerprint density at radius 3 is 2.38 bits per heavy atom. The maximum Gasteiger partial charge on any atom is 0.305 e. The minimum atomic E-state index is -0.712. The molecule has 0 spiro atoms. The van der Waals surface area contributed by atoms with E-state index in [1.807, 2.05) is 18.2 Å². The SMILES string of the molecule is CC(C)CN(C1CCCC1)C(CC(=O)O)c1ccccc1. The first-order chi connectivity index (χ1) is 10.1. The van der Waals surface area contributed by atoms with E-state index < -0.39 is 5.97 Å². The molecule has 3 nitrogen and oxygen atoms in total. The van der Waals surface area contributed by atoms with Gasteiger partial charge in [0, 0.05) is 18.6 Å². The number of hydrogen-bond donors (Lipinski definition) is 1.